The molecule has 0 saturated heterocycles. The fourth-order valence-electron chi connectivity index (χ4n) is 3.04. The van der Waals surface area contributed by atoms with Crippen LogP contribution in [0.3, 0.4) is 0 Å². The largest absolute Gasteiger partial charge is 0.452 e. The standard InChI is InChI=1S/C17H21ClN4O2/c18-12-2-5-14(6-3-12)24-15-10-20-17(19)22-16(15)21-13-4-1-11(9-13)7-8-23/h2-3,5-6,10-11,13,23H,1,4,7-9H2,(H3,19,20,21,22). The van der Waals surface area contributed by atoms with Gasteiger partial charge in [0.25, 0.3) is 0 Å². The van der Waals surface area contributed by atoms with Crippen molar-refractivity contribution >= 4 is 23.4 Å². The van der Waals surface area contributed by atoms with Crippen LogP contribution in [0.15, 0.2) is 30.5 Å². The van der Waals surface area contributed by atoms with Crippen molar-refractivity contribution in [2.75, 3.05) is 17.7 Å². The first-order valence-corrected chi connectivity index (χ1v) is 8.45. The Kier molecular flexibility index (Phi) is 5.37. The minimum absolute atomic E-state index is 0.200. The van der Waals surface area contributed by atoms with Crippen molar-refractivity contribution in [2.45, 2.75) is 31.7 Å². The zero-order valence-electron chi connectivity index (χ0n) is 13.3. The summed E-state index contributed by atoms with van der Waals surface area (Å²) in [6.07, 6.45) is 5.56. The summed E-state index contributed by atoms with van der Waals surface area (Å²) in [5.74, 6) is 2.52. The monoisotopic (exact) mass is 348 g/mol. The van der Waals surface area contributed by atoms with Gasteiger partial charge in [-0.05, 0) is 55.9 Å². The third-order valence-corrected chi connectivity index (χ3v) is 4.49. The van der Waals surface area contributed by atoms with Gasteiger partial charge in [-0.25, -0.2) is 4.98 Å². The molecule has 1 heterocycles. The van der Waals surface area contributed by atoms with Gasteiger partial charge in [0.15, 0.2) is 11.6 Å². The molecule has 1 aliphatic carbocycles. The van der Waals surface area contributed by atoms with Crippen LogP contribution in [0.5, 0.6) is 11.5 Å². The van der Waals surface area contributed by atoms with E-state index in [1.54, 1.807) is 30.5 Å². The normalized spacial score (nSPS) is 20.1. The van der Waals surface area contributed by atoms with E-state index in [2.05, 4.69) is 15.3 Å². The maximum Gasteiger partial charge on any atom is 0.222 e. The zero-order chi connectivity index (χ0) is 16.9. The van der Waals surface area contributed by atoms with Crippen LogP contribution < -0.4 is 15.8 Å². The lowest BCUT2D eigenvalue weighted by Crippen LogP contribution is -2.18. The van der Waals surface area contributed by atoms with Gasteiger partial charge in [-0.3, -0.25) is 0 Å². The molecule has 0 amide bonds. The maximum absolute atomic E-state index is 9.08. The third-order valence-electron chi connectivity index (χ3n) is 4.23. The lowest BCUT2D eigenvalue weighted by Gasteiger charge is -2.17. The van der Waals surface area contributed by atoms with Gasteiger partial charge in [-0.15, -0.1) is 0 Å². The smallest absolute Gasteiger partial charge is 0.222 e. The number of hydrogen-bond donors (Lipinski definition) is 3. The Morgan fingerprint density at radius 2 is 2.08 bits per heavy atom. The van der Waals surface area contributed by atoms with Crippen LogP contribution in [0.2, 0.25) is 5.02 Å². The van der Waals surface area contributed by atoms with Gasteiger partial charge in [0, 0.05) is 17.7 Å². The topological polar surface area (TPSA) is 93.3 Å². The number of rotatable bonds is 6. The summed E-state index contributed by atoms with van der Waals surface area (Å²) in [6.45, 7) is 0.239. The van der Waals surface area contributed by atoms with E-state index in [1.165, 1.54) is 0 Å². The molecule has 3 rings (SSSR count). The molecular formula is C17H21ClN4O2. The first-order valence-electron chi connectivity index (χ1n) is 8.07. The van der Waals surface area contributed by atoms with Crippen molar-refractivity contribution in [3.05, 3.63) is 35.5 Å². The van der Waals surface area contributed by atoms with Crippen LogP contribution in [0.25, 0.3) is 0 Å². The Morgan fingerprint density at radius 1 is 1.29 bits per heavy atom. The fourth-order valence-corrected chi connectivity index (χ4v) is 3.16. The van der Waals surface area contributed by atoms with Crippen molar-refractivity contribution < 1.29 is 9.84 Å². The molecule has 1 saturated carbocycles. The number of hydrogen-bond acceptors (Lipinski definition) is 6. The number of ether oxygens (including phenoxy) is 1. The summed E-state index contributed by atoms with van der Waals surface area (Å²) in [5, 5.41) is 13.1. The molecule has 0 radical (unpaired) electrons. The zero-order valence-corrected chi connectivity index (χ0v) is 14.0. The number of aromatic nitrogens is 2. The van der Waals surface area contributed by atoms with Gasteiger partial charge >= 0.3 is 0 Å². The molecule has 7 heteroatoms. The summed E-state index contributed by atoms with van der Waals surface area (Å²) in [5.41, 5.74) is 5.72. The van der Waals surface area contributed by atoms with Crippen LogP contribution in [0, 0.1) is 5.92 Å². The van der Waals surface area contributed by atoms with E-state index in [0.717, 1.165) is 25.7 Å². The highest BCUT2D eigenvalue weighted by atomic mass is 35.5. The number of benzene rings is 1. The summed E-state index contributed by atoms with van der Waals surface area (Å²) < 4.78 is 5.86. The SMILES string of the molecule is Nc1ncc(Oc2ccc(Cl)cc2)c(NC2CCC(CCO)C2)n1. The van der Waals surface area contributed by atoms with E-state index in [9.17, 15) is 0 Å². The molecule has 1 fully saturated rings. The van der Waals surface area contributed by atoms with Gasteiger partial charge in [0.2, 0.25) is 5.95 Å². The Labute approximate surface area is 146 Å². The Balaban J connectivity index is 1.72. The molecule has 6 nitrogen and oxygen atoms in total. The lowest BCUT2D eigenvalue weighted by molar-refractivity contribution is 0.258. The average molecular weight is 349 g/mol. The first kappa shape index (κ1) is 16.8. The Morgan fingerprint density at radius 3 is 2.83 bits per heavy atom. The van der Waals surface area contributed by atoms with Crippen LogP contribution >= 0.6 is 11.6 Å². The molecule has 24 heavy (non-hydrogen) atoms. The second-order valence-corrected chi connectivity index (χ2v) is 6.47. The van der Waals surface area contributed by atoms with Crippen LogP contribution in [0.4, 0.5) is 11.8 Å². The highest BCUT2D eigenvalue weighted by Crippen LogP contribution is 2.34. The first-order chi connectivity index (χ1) is 11.6. The quantitative estimate of drug-likeness (QED) is 0.740. The molecule has 1 aliphatic rings. The minimum Gasteiger partial charge on any atom is -0.452 e. The van der Waals surface area contributed by atoms with E-state index in [-0.39, 0.29) is 12.6 Å². The number of nitrogens with one attached hydrogen (secondary N) is 1. The van der Waals surface area contributed by atoms with Gasteiger partial charge in [-0.2, -0.15) is 4.98 Å². The summed E-state index contributed by atoms with van der Waals surface area (Å²) in [6, 6.07) is 7.39. The summed E-state index contributed by atoms with van der Waals surface area (Å²) in [4.78, 5) is 8.29. The van der Waals surface area contributed by atoms with Crippen molar-refractivity contribution in [3.63, 3.8) is 0 Å². The lowest BCUT2D eigenvalue weighted by atomic mass is 10.0. The van der Waals surface area contributed by atoms with Gasteiger partial charge in [-0.1, -0.05) is 11.6 Å². The third kappa shape index (κ3) is 4.27. The van der Waals surface area contributed by atoms with E-state index < -0.39 is 0 Å². The number of nitrogens with two attached hydrogens (primary N) is 1. The molecule has 2 unspecified atom stereocenters. The molecule has 0 bridgehead atoms. The predicted octanol–water partition coefficient (Wildman–Crippen LogP) is 3.47. The minimum atomic E-state index is 0.200. The van der Waals surface area contributed by atoms with Gasteiger partial charge < -0.3 is 20.9 Å². The van der Waals surface area contributed by atoms with Crippen LogP contribution in [0.1, 0.15) is 25.7 Å². The summed E-state index contributed by atoms with van der Waals surface area (Å²) >= 11 is 5.89. The number of nitrogen functional groups attached to an aromatic ring is 1. The molecule has 0 spiro atoms. The number of aliphatic hydroxyl groups is 1. The maximum atomic E-state index is 9.08. The molecule has 0 aliphatic heterocycles. The average Bonchev–Trinajstić information content (AvgIpc) is 3.00. The van der Waals surface area contributed by atoms with Crippen molar-refractivity contribution in [2.24, 2.45) is 5.92 Å². The fraction of sp³-hybridized carbons (Fsp3) is 0.412. The second-order valence-electron chi connectivity index (χ2n) is 6.03. The summed E-state index contributed by atoms with van der Waals surface area (Å²) in [7, 11) is 0. The molecule has 1 aromatic carbocycles. The number of nitrogens with zero attached hydrogens (tertiary/aromatic N) is 2. The van der Waals surface area contributed by atoms with Gasteiger partial charge in [0.1, 0.15) is 5.75 Å². The molecular weight excluding hydrogens is 328 g/mol. The Bertz CT molecular complexity index is 681. The van der Waals surface area contributed by atoms with Crippen molar-refractivity contribution in [1.29, 1.82) is 0 Å². The van der Waals surface area contributed by atoms with Gasteiger partial charge in [0.05, 0.1) is 6.20 Å². The number of halogens is 1. The van der Waals surface area contributed by atoms with E-state index in [1.807, 2.05) is 0 Å². The van der Waals surface area contributed by atoms with E-state index in [4.69, 9.17) is 27.2 Å². The predicted molar refractivity (Wildman–Crippen MR) is 94.4 cm³/mol. The van der Waals surface area contributed by atoms with Crippen molar-refractivity contribution in [3.8, 4) is 11.5 Å². The second kappa shape index (κ2) is 7.68. The highest BCUT2D eigenvalue weighted by Gasteiger charge is 2.25. The number of aliphatic hydroxyl groups excluding tert-OH is 1. The van der Waals surface area contributed by atoms with E-state index in [0.29, 0.717) is 34.3 Å². The molecule has 2 atom stereocenters. The number of anilines is 2. The van der Waals surface area contributed by atoms with Crippen molar-refractivity contribution in [1.82, 2.24) is 9.97 Å². The molecule has 4 N–H and O–H groups in total. The van der Waals surface area contributed by atoms with E-state index >= 15 is 0 Å². The molecule has 128 valence electrons. The highest BCUT2D eigenvalue weighted by molar-refractivity contribution is 6.30. The molecule has 1 aromatic heterocycles. The van der Waals surface area contributed by atoms with Crippen LogP contribution in [-0.2, 0) is 0 Å². The van der Waals surface area contributed by atoms with Crippen LogP contribution in [-0.4, -0.2) is 27.7 Å². The molecule has 2 aromatic rings. The Hall–Kier alpha value is -2.05.